The number of hydrogen-bond donors (Lipinski definition) is 0. The van der Waals surface area contributed by atoms with Crippen LogP contribution < -0.4 is 0 Å². The molecule has 0 radical (unpaired) electrons. The first kappa shape index (κ1) is 14.9. The van der Waals surface area contributed by atoms with Crippen molar-refractivity contribution in [3.05, 3.63) is 35.9 Å². The molecule has 0 heterocycles. The van der Waals surface area contributed by atoms with E-state index in [0.29, 0.717) is 12.2 Å². The molecule has 0 atom stereocenters. The lowest BCUT2D eigenvalue weighted by Gasteiger charge is -2.37. The molecule has 1 rings (SSSR count). The molecule has 18 heavy (non-hydrogen) atoms. The van der Waals surface area contributed by atoms with Gasteiger partial charge in [0.1, 0.15) is 0 Å². The monoisotopic (exact) mass is 247 g/mol. The van der Waals surface area contributed by atoms with Crippen molar-refractivity contribution in [3.8, 4) is 0 Å². The number of carbonyl (C=O) groups is 1. The van der Waals surface area contributed by atoms with Gasteiger partial charge in [0.2, 0.25) is 0 Å². The predicted molar refractivity (Wildman–Crippen MR) is 76.8 cm³/mol. The summed E-state index contributed by atoms with van der Waals surface area (Å²) in [5.41, 5.74) is 0.958. The average Bonchev–Trinajstić information content (AvgIpc) is 2.39. The van der Waals surface area contributed by atoms with Gasteiger partial charge in [0.05, 0.1) is 5.54 Å². The van der Waals surface area contributed by atoms with Gasteiger partial charge in [-0.1, -0.05) is 44.2 Å². The van der Waals surface area contributed by atoms with Gasteiger partial charge < -0.3 is 0 Å². The highest BCUT2D eigenvalue weighted by Crippen LogP contribution is 2.24. The van der Waals surface area contributed by atoms with Crippen LogP contribution in [0.3, 0.4) is 0 Å². The molecule has 0 saturated carbocycles. The van der Waals surface area contributed by atoms with E-state index in [2.05, 4.69) is 30.9 Å². The second-order valence-corrected chi connectivity index (χ2v) is 5.04. The first-order valence-corrected chi connectivity index (χ1v) is 6.81. The molecule has 0 saturated heterocycles. The Morgan fingerprint density at radius 3 is 2.11 bits per heavy atom. The summed E-state index contributed by atoms with van der Waals surface area (Å²) in [5.74, 6) is 0.362. The summed E-state index contributed by atoms with van der Waals surface area (Å²) in [6.45, 7) is 4.20. The maximum absolute atomic E-state index is 12.5. The lowest BCUT2D eigenvalue weighted by Crippen LogP contribution is -2.50. The van der Waals surface area contributed by atoms with Crippen molar-refractivity contribution in [2.45, 2.75) is 45.1 Å². The first-order chi connectivity index (χ1) is 8.56. The number of nitrogens with zero attached hydrogens (tertiary/aromatic N) is 1. The van der Waals surface area contributed by atoms with E-state index in [0.717, 1.165) is 19.3 Å². The largest absolute Gasteiger partial charge is 0.298 e. The van der Waals surface area contributed by atoms with E-state index in [9.17, 15) is 4.79 Å². The number of benzene rings is 1. The molecule has 1 aromatic carbocycles. The lowest BCUT2D eigenvalue weighted by molar-refractivity contribution is -0.130. The zero-order chi connectivity index (χ0) is 13.6. The van der Waals surface area contributed by atoms with Gasteiger partial charge in [-0.05, 0) is 38.9 Å². The first-order valence-electron chi connectivity index (χ1n) is 6.81. The van der Waals surface area contributed by atoms with Crippen LogP contribution in [0.25, 0.3) is 0 Å². The molecule has 0 aliphatic heterocycles. The van der Waals surface area contributed by atoms with Crippen molar-refractivity contribution in [3.63, 3.8) is 0 Å². The minimum atomic E-state index is -0.283. The molecule has 0 aliphatic carbocycles. The van der Waals surface area contributed by atoms with Gasteiger partial charge in [-0.3, -0.25) is 9.69 Å². The normalized spacial score (nSPS) is 11.8. The number of likely N-dealkylation sites (N-methyl/N-ethyl adjacent to an activating group) is 1. The minimum Gasteiger partial charge on any atom is -0.298 e. The van der Waals surface area contributed by atoms with E-state index in [-0.39, 0.29) is 5.54 Å². The van der Waals surface area contributed by atoms with Gasteiger partial charge in [0.15, 0.2) is 5.78 Å². The Bertz CT molecular complexity index is 366. The van der Waals surface area contributed by atoms with Gasteiger partial charge in [-0.2, -0.15) is 0 Å². The van der Waals surface area contributed by atoms with Crippen LogP contribution in [0.4, 0.5) is 0 Å². The zero-order valence-corrected chi connectivity index (χ0v) is 12.1. The SMILES string of the molecule is CCC(CC)(C(=O)CCc1ccccc1)N(C)C. The molecule has 0 amide bonds. The third kappa shape index (κ3) is 3.20. The van der Waals surface area contributed by atoms with Crippen LogP contribution in [-0.2, 0) is 11.2 Å². The number of Topliss-reactive ketones (excluding diaryl/α,β-unsaturated/α-hetero) is 1. The highest BCUT2D eigenvalue weighted by molar-refractivity contribution is 5.88. The maximum Gasteiger partial charge on any atom is 0.153 e. The third-order valence-corrected chi connectivity index (χ3v) is 4.03. The molecule has 100 valence electrons. The van der Waals surface area contributed by atoms with Crippen molar-refractivity contribution in [1.29, 1.82) is 0 Å². The Hall–Kier alpha value is -1.15. The van der Waals surface area contributed by atoms with Crippen molar-refractivity contribution in [2.75, 3.05) is 14.1 Å². The fourth-order valence-electron chi connectivity index (χ4n) is 2.66. The van der Waals surface area contributed by atoms with Crippen LogP contribution >= 0.6 is 0 Å². The van der Waals surface area contributed by atoms with Crippen molar-refractivity contribution in [1.82, 2.24) is 4.90 Å². The molecule has 1 aromatic rings. The number of rotatable bonds is 7. The quantitative estimate of drug-likeness (QED) is 0.737. The highest BCUT2D eigenvalue weighted by Gasteiger charge is 2.35. The smallest absolute Gasteiger partial charge is 0.153 e. The molecule has 0 spiro atoms. The Balaban J connectivity index is 2.69. The fraction of sp³-hybridized carbons (Fsp3) is 0.562. The Kier molecular flexibility index (Phi) is 5.54. The van der Waals surface area contributed by atoms with Crippen LogP contribution in [0.2, 0.25) is 0 Å². The highest BCUT2D eigenvalue weighted by atomic mass is 16.1. The molecule has 0 N–H and O–H groups in total. The topological polar surface area (TPSA) is 20.3 Å². The van der Waals surface area contributed by atoms with Crippen molar-refractivity contribution >= 4 is 5.78 Å². The Labute approximate surface area is 111 Å². The number of ketones is 1. The van der Waals surface area contributed by atoms with E-state index >= 15 is 0 Å². The van der Waals surface area contributed by atoms with Gasteiger partial charge >= 0.3 is 0 Å². The van der Waals surface area contributed by atoms with Gasteiger partial charge in [0, 0.05) is 6.42 Å². The van der Waals surface area contributed by atoms with Crippen molar-refractivity contribution < 1.29 is 4.79 Å². The predicted octanol–water partition coefficient (Wildman–Crippen LogP) is 3.31. The molecule has 2 nitrogen and oxygen atoms in total. The number of carbonyl (C=O) groups excluding carboxylic acids is 1. The van der Waals surface area contributed by atoms with Gasteiger partial charge in [-0.15, -0.1) is 0 Å². The van der Waals surface area contributed by atoms with Crippen molar-refractivity contribution in [2.24, 2.45) is 0 Å². The van der Waals surface area contributed by atoms with Gasteiger partial charge in [-0.25, -0.2) is 0 Å². The summed E-state index contributed by atoms with van der Waals surface area (Å²) in [5, 5.41) is 0. The van der Waals surface area contributed by atoms with E-state index in [1.807, 2.05) is 32.3 Å². The Morgan fingerprint density at radius 1 is 1.11 bits per heavy atom. The molecule has 0 fully saturated rings. The number of hydrogen-bond acceptors (Lipinski definition) is 2. The molecular weight excluding hydrogens is 222 g/mol. The third-order valence-electron chi connectivity index (χ3n) is 4.03. The molecule has 0 aliphatic rings. The second kappa shape index (κ2) is 6.69. The summed E-state index contributed by atoms with van der Waals surface area (Å²) in [6, 6.07) is 10.2. The lowest BCUT2D eigenvalue weighted by atomic mass is 9.84. The summed E-state index contributed by atoms with van der Waals surface area (Å²) in [7, 11) is 4.01. The average molecular weight is 247 g/mol. The van der Waals surface area contributed by atoms with E-state index in [4.69, 9.17) is 0 Å². The van der Waals surface area contributed by atoms with Gasteiger partial charge in [0.25, 0.3) is 0 Å². The van der Waals surface area contributed by atoms with Crippen LogP contribution in [0, 0.1) is 0 Å². The summed E-state index contributed by atoms with van der Waals surface area (Å²) in [4.78, 5) is 14.6. The van der Waals surface area contributed by atoms with Crippen LogP contribution in [-0.4, -0.2) is 30.3 Å². The van der Waals surface area contributed by atoms with E-state index < -0.39 is 0 Å². The molecular formula is C16H25NO. The van der Waals surface area contributed by atoms with Crippen LogP contribution in [0.5, 0.6) is 0 Å². The summed E-state index contributed by atoms with van der Waals surface area (Å²) < 4.78 is 0. The minimum absolute atomic E-state index is 0.283. The standard InChI is InChI=1S/C16H25NO/c1-5-16(6-2,17(3)4)15(18)13-12-14-10-8-7-9-11-14/h7-11H,5-6,12-13H2,1-4H3. The van der Waals surface area contributed by atoms with E-state index in [1.165, 1.54) is 5.56 Å². The maximum atomic E-state index is 12.5. The Morgan fingerprint density at radius 2 is 1.67 bits per heavy atom. The van der Waals surface area contributed by atoms with Crippen LogP contribution in [0.1, 0.15) is 38.7 Å². The fourth-order valence-corrected chi connectivity index (χ4v) is 2.66. The molecule has 0 aromatic heterocycles. The molecule has 0 unspecified atom stereocenters. The molecule has 2 heteroatoms. The second-order valence-electron chi connectivity index (χ2n) is 5.04. The van der Waals surface area contributed by atoms with E-state index in [1.54, 1.807) is 0 Å². The van der Waals surface area contributed by atoms with Crippen LogP contribution in [0.15, 0.2) is 30.3 Å². The summed E-state index contributed by atoms with van der Waals surface area (Å²) >= 11 is 0. The number of aryl methyl sites for hydroxylation is 1. The molecule has 0 bridgehead atoms. The zero-order valence-electron chi connectivity index (χ0n) is 12.1. The summed E-state index contributed by atoms with van der Waals surface area (Å²) in [6.07, 6.45) is 3.23.